The van der Waals surface area contributed by atoms with Crippen LogP contribution in [0.15, 0.2) is 42.5 Å². The van der Waals surface area contributed by atoms with Gasteiger partial charge in [-0.2, -0.15) is 0 Å². The molecule has 0 saturated carbocycles. The lowest BCUT2D eigenvalue weighted by atomic mass is 10.1. The second-order valence-corrected chi connectivity index (χ2v) is 5.25. The maximum absolute atomic E-state index is 5.99. The Balaban J connectivity index is 1.90. The van der Waals surface area contributed by atoms with E-state index in [0.717, 1.165) is 23.6 Å². The van der Waals surface area contributed by atoms with Crippen molar-refractivity contribution in [2.75, 3.05) is 0 Å². The Hall–Kier alpha value is -2.29. The highest BCUT2D eigenvalue weighted by molar-refractivity contribution is 5.75. The number of hydrogen-bond donors (Lipinski definition) is 0. The molecule has 3 nitrogen and oxygen atoms in total. The van der Waals surface area contributed by atoms with Gasteiger partial charge in [-0.15, -0.1) is 0 Å². The van der Waals surface area contributed by atoms with Crippen molar-refractivity contribution in [1.29, 1.82) is 0 Å². The van der Waals surface area contributed by atoms with Gasteiger partial charge in [0.2, 0.25) is 0 Å². The summed E-state index contributed by atoms with van der Waals surface area (Å²) in [4.78, 5) is 4.69. The molecule has 0 amide bonds. The van der Waals surface area contributed by atoms with Crippen molar-refractivity contribution in [3.05, 3.63) is 59.4 Å². The first-order valence-corrected chi connectivity index (χ1v) is 7.34. The standard InChI is InChI=1S/C18H20N2O/c1-4-20-16-10-6-5-9-15(16)19-18(20)12-21-17-11-7-8-13(2)14(17)3/h5-11H,4,12H2,1-3H3. The van der Waals surface area contributed by atoms with E-state index < -0.39 is 0 Å². The number of benzene rings is 2. The van der Waals surface area contributed by atoms with Crippen molar-refractivity contribution in [2.24, 2.45) is 0 Å². The lowest BCUT2D eigenvalue weighted by Crippen LogP contribution is -2.06. The summed E-state index contributed by atoms with van der Waals surface area (Å²) in [6, 6.07) is 14.4. The van der Waals surface area contributed by atoms with E-state index in [1.165, 1.54) is 16.6 Å². The van der Waals surface area contributed by atoms with Crippen molar-refractivity contribution < 1.29 is 4.74 Å². The Kier molecular flexibility index (Phi) is 3.65. The molecule has 1 heterocycles. The summed E-state index contributed by atoms with van der Waals surface area (Å²) < 4.78 is 8.20. The van der Waals surface area contributed by atoms with E-state index in [1.807, 2.05) is 30.3 Å². The fourth-order valence-electron chi connectivity index (χ4n) is 2.61. The summed E-state index contributed by atoms with van der Waals surface area (Å²) in [6.07, 6.45) is 0. The number of hydrogen-bond acceptors (Lipinski definition) is 2. The van der Waals surface area contributed by atoms with Gasteiger partial charge < -0.3 is 9.30 Å². The third kappa shape index (κ3) is 2.51. The van der Waals surface area contributed by atoms with Gasteiger partial charge >= 0.3 is 0 Å². The Morgan fingerprint density at radius 1 is 1.05 bits per heavy atom. The van der Waals surface area contributed by atoms with E-state index >= 15 is 0 Å². The van der Waals surface area contributed by atoms with Gasteiger partial charge in [0.1, 0.15) is 18.2 Å². The largest absolute Gasteiger partial charge is 0.485 e. The first kappa shape index (κ1) is 13.7. The van der Waals surface area contributed by atoms with Gasteiger partial charge in [0.05, 0.1) is 11.0 Å². The van der Waals surface area contributed by atoms with Gasteiger partial charge in [-0.1, -0.05) is 24.3 Å². The number of fused-ring (bicyclic) bond motifs is 1. The molecule has 1 aromatic heterocycles. The second-order valence-electron chi connectivity index (χ2n) is 5.25. The Bertz CT molecular complexity index is 774. The quantitative estimate of drug-likeness (QED) is 0.714. The van der Waals surface area contributed by atoms with E-state index in [-0.39, 0.29) is 0 Å². The maximum atomic E-state index is 5.99. The molecule has 0 bridgehead atoms. The van der Waals surface area contributed by atoms with Crippen LogP contribution in [0.3, 0.4) is 0 Å². The van der Waals surface area contributed by atoms with Crippen molar-refractivity contribution in [3.8, 4) is 5.75 Å². The SMILES string of the molecule is CCn1c(COc2cccc(C)c2C)nc2ccccc21. The summed E-state index contributed by atoms with van der Waals surface area (Å²) in [5.41, 5.74) is 4.63. The van der Waals surface area contributed by atoms with Crippen LogP contribution in [0.5, 0.6) is 5.75 Å². The van der Waals surface area contributed by atoms with Gasteiger partial charge in [-0.25, -0.2) is 4.98 Å². The van der Waals surface area contributed by atoms with Crippen LogP contribution in [0.1, 0.15) is 23.9 Å². The van der Waals surface area contributed by atoms with Crippen LogP contribution >= 0.6 is 0 Å². The topological polar surface area (TPSA) is 27.1 Å². The zero-order chi connectivity index (χ0) is 14.8. The minimum absolute atomic E-state index is 0.493. The average molecular weight is 280 g/mol. The van der Waals surface area contributed by atoms with Crippen LogP contribution in [0, 0.1) is 13.8 Å². The minimum atomic E-state index is 0.493. The zero-order valence-corrected chi connectivity index (χ0v) is 12.8. The third-order valence-corrected chi connectivity index (χ3v) is 3.96. The fourth-order valence-corrected chi connectivity index (χ4v) is 2.61. The first-order valence-electron chi connectivity index (χ1n) is 7.34. The Morgan fingerprint density at radius 3 is 2.67 bits per heavy atom. The summed E-state index contributed by atoms with van der Waals surface area (Å²) in [7, 11) is 0. The highest BCUT2D eigenvalue weighted by Gasteiger charge is 2.10. The number of ether oxygens (including phenoxy) is 1. The van der Waals surface area contributed by atoms with E-state index in [0.29, 0.717) is 6.61 Å². The number of imidazole rings is 1. The Morgan fingerprint density at radius 2 is 1.86 bits per heavy atom. The van der Waals surface area contributed by atoms with Crippen LogP contribution in [-0.4, -0.2) is 9.55 Å². The maximum Gasteiger partial charge on any atom is 0.147 e. The monoisotopic (exact) mass is 280 g/mol. The molecule has 0 radical (unpaired) electrons. The predicted octanol–water partition coefficient (Wildman–Crippen LogP) is 4.25. The summed E-state index contributed by atoms with van der Waals surface area (Å²) >= 11 is 0. The molecule has 2 aromatic carbocycles. The molecule has 0 atom stereocenters. The van der Waals surface area contributed by atoms with Gasteiger partial charge in [-0.3, -0.25) is 0 Å². The highest BCUT2D eigenvalue weighted by atomic mass is 16.5. The summed E-state index contributed by atoms with van der Waals surface area (Å²) in [5, 5.41) is 0. The molecule has 0 aliphatic rings. The lowest BCUT2D eigenvalue weighted by Gasteiger charge is -2.11. The molecule has 0 aliphatic heterocycles. The van der Waals surface area contributed by atoms with Crippen molar-refractivity contribution in [3.63, 3.8) is 0 Å². The smallest absolute Gasteiger partial charge is 0.147 e. The second kappa shape index (κ2) is 5.60. The average Bonchev–Trinajstić information content (AvgIpc) is 2.86. The molecular formula is C18H20N2O. The van der Waals surface area contributed by atoms with Gasteiger partial charge in [0.25, 0.3) is 0 Å². The van der Waals surface area contributed by atoms with Crippen LogP contribution < -0.4 is 4.74 Å². The molecule has 3 heteroatoms. The number of para-hydroxylation sites is 2. The first-order chi connectivity index (χ1) is 10.2. The molecule has 108 valence electrons. The molecule has 21 heavy (non-hydrogen) atoms. The van der Waals surface area contributed by atoms with E-state index in [1.54, 1.807) is 0 Å². The molecule has 0 saturated heterocycles. The number of nitrogens with zero attached hydrogens (tertiary/aromatic N) is 2. The normalized spacial score (nSPS) is 11.0. The third-order valence-electron chi connectivity index (χ3n) is 3.96. The predicted molar refractivity (Wildman–Crippen MR) is 85.7 cm³/mol. The van der Waals surface area contributed by atoms with Crippen molar-refractivity contribution in [2.45, 2.75) is 33.9 Å². The molecule has 0 unspecified atom stereocenters. The van der Waals surface area contributed by atoms with Gasteiger partial charge in [-0.05, 0) is 50.1 Å². The lowest BCUT2D eigenvalue weighted by molar-refractivity contribution is 0.288. The number of aromatic nitrogens is 2. The van der Waals surface area contributed by atoms with E-state index in [2.05, 4.69) is 42.5 Å². The highest BCUT2D eigenvalue weighted by Crippen LogP contribution is 2.22. The molecule has 3 aromatic rings. The summed E-state index contributed by atoms with van der Waals surface area (Å²) in [5.74, 6) is 1.91. The van der Waals surface area contributed by atoms with E-state index in [9.17, 15) is 0 Å². The van der Waals surface area contributed by atoms with Gasteiger partial charge in [0, 0.05) is 6.54 Å². The van der Waals surface area contributed by atoms with Crippen LogP contribution in [0.4, 0.5) is 0 Å². The van der Waals surface area contributed by atoms with Crippen molar-refractivity contribution in [1.82, 2.24) is 9.55 Å². The Labute approximate surface area is 125 Å². The number of aryl methyl sites for hydroxylation is 2. The zero-order valence-electron chi connectivity index (χ0n) is 12.8. The summed E-state index contributed by atoms with van der Waals surface area (Å²) in [6.45, 7) is 7.71. The van der Waals surface area contributed by atoms with Crippen LogP contribution in [0.25, 0.3) is 11.0 Å². The van der Waals surface area contributed by atoms with Crippen LogP contribution in [0.2, 0.25) is 0 Å². The molecule has 0 spiro atoms. The molecule has 3 rings (SSSR count). The van der Waals surface area contributed by atoms with Crippen LogP contribution in [-0.2, 0) is 13.2 Å². The fraction of sp³-hybridized carbons (Fsp3) is 0.278. The molecular weight excluding hydrogens is 260 g/mol. The van der Waals surface area contributed by atoms with E-state index in [4.69, 9.17) is 4.74 Å². The van der Waals surface area contributed by atoms with Gasteiger partial charge in [0.15, 0.2) is 0 Å². The molecule has 0 N–H and O–H groups in total. The minimum Gasteiger partial charge on any atom is -0.485 e. The van der Waals surface area contributed by atoms with Crippen molar-refractivity contribution >= 4 is 11.0 Å². The molecule has 0 aliphatic carbocycles. The molecule has 0 fully saturated rings. The number of rotatable bonds is 4.